The van der Waals surface area contributed by atoms with Gasteiger partial charge in [0.15, 0.2) is 11.5 Å². The van der Waals surface area contributed by atoms with Crippen molar-refractivity contribution in [2.75, 3.05) is 12.4 Å². The Morgan fingerprint density at radius 3 is 2.32 bits per heavy atom. The van der Waals surface area contributed by atoms with E-state index >= 15 is 0 Å². The van der Waals surface area contributed by atoms with Gasteiger partial charge in [-0.25, -0.2) is 0 Å². The maximum Gasteiger partial charge on any atom is 0.255 e. The van der Waals surface area contributed by atoms with Crippen molar-refractivity contribution < 1.29 is 19.1 Å². The number of nitrogens with one attached hydrogen (secondary N) is 2. The molecule has 0 spiro atoms. The Hall–Kier alpha value is -2.73. The van der Waals surface area contributed by atoms with E-state index in [1.54, 1.807) is 30.3 Å². The number of ether oxygens (including phenoxy) is 2. The average molecular weight is 403 g/mol. The maximum atomic E-state index is 12.6. The lowest BCUT2D eigenvalue weighted by atomic mass is 10.1. The second-order valence-electron chi connectivity index (χ2n) is 6.94. The van der Waals surface area contributed by atoms with Gasteiger partial charge in [-0.1, -0.05) is 11.6 Å². The second-order valence-corrected chi connectivity index (χ2v) is 7.34. The third-order valence-electron chi connectivity index (χ3n) is 4.16. The summed E-state index contributed by atoms with van der Waals surface area (Å²) in [6, 6.07) is 10.2. The van der Waals surface area contributed by atoms with Gasteiger partial charge in [-0.05, 0) is 63.1 Å². The molecule has 28 heavy (non-hydrogen) atoms. The van der Waals surface area contributed by atoms with Crippen LogP contribution < -0.4 is 20.1 Å². The standard InChI is InChI=1S/C21H23ClN2O4/c1-12(2)28-19-17(22)10-14(11-18(19)27-3)21(26)24-15-6-4-13(5-7-15)20(25)23-16-8-9-16/h4-7,10-12,16H,8-9H2,1-3H3,(H,23,25)(H,24,26). The first kappa shape index (κ1) is 20.0. The molecular formula is C21H23ClN2O4. The van der Waals surface area contributed by atoms with Crippen LogP contribution >= 0.6 is 11.6 Å². The van der Waals surface area contributed by atoms with E-state index in [1.807, 2.05) is 13.8 Å². The third kappa shape index (κ3) is 4.95. The summed E-state index contributed by atoms with van der Waals surface area (Å²) < 4.78 is 11.0. The molecule has 6 nitrogen and oxygen atoms in total. The third-order valence-corrected chi connectivity index (χ3v) is 4.44. The van der Waals surface area contributed by atoms with Crippen LogP contribution in [0.15, 0.2) is 36.4 Å². The first-order valence-electron chi connectivity index (χ1n) is 9.14. The maximum absolute atomic E-state index is 12.6. The summed E-state index contributed by atoms with van der Waals surface area (Å²) in [5.74, 6) is 0.351. The number of hydrogen-bond acceptors (Lipinski definition) is 4. The fourth-order valence-electron chi connectivity index (χ4n) is 2.61. The zero-order chi connectivity index (χ0) is 20.3. The average Bonchev–Trinajstić information content (AvgIpc) is 3.47. The summed E-state index contributed by atoms with van der Waals surface area (Å²) in [6.45, 7) is 3.76. The molecule has 1 saturated carbocycles. The molecule has 3 rings (SSSR count). The Bertz CT molecular complexity index is 877. The minimum Gasteiger partial charge on any atom is -0.493 e. The zero-order valence-electron chi connectivity index (χ0n) is 16.0. The number of halogens is 1. The number of rotatable bonds is 7. The van der Waals surface area contributed by atoms with Gasteiger partial charge in [0.05, 0.1) is 18.2 Å². The first-order valence-corrected chi connectivity index (χ1v) is 9.51. The highest BCUT2D eigenvalue weighted by Gasteiger charge is 2.23. The van der Waals surface area contributed by atoms with Crippen molar-refractivity contribution in [2.45, 2.75) is 38.8 Å². The molecule has 2 N–H and O–H groups in total. The Labute approximate surface area is 169 Å². The molecule has 2 amide bonds. The predicted molar refractivity (Wildman–Crippen MR) is 109 cm³/mol. The highest BCUT2D eigenvalue weighted by atomic mass is 35.5. The molecular weight excluding hydrogens is 380 g/mol. The molecule has 1 aliphatic rings. The van der Waals surface area contributed by atoms with E-state index in [4.69, 9.17) is 21.1 Å². The van der Waals surface area contributed by atoms with E-state index in [0.717, 1.165) is 12.8 Å². The van der Waals surface area contributed by atoms with Gasteiger partial charge in [-0.15, -0.1) is 0 Å². The fourth-order valence-corrected chi connectivity index (χ4v) is 2.86. The van der Waals surface area contributed by atoms with Crippen molar-refractivity contribution in [1.82, 2.24) is 5.32 Å². The lowest BCUT2D eigenvalue weighted by Crippen LogP contribution is -2.25. The summed E-state index contributed by atoms with van der Waals surface area (Å²) >= 11 is 6.28. The molecule has 7 heteroatoms. The lowest BCUT2D eigenvalue weighted by molar-refractivity contribution is 0.0950. The molecule has 0 unspecified atom stereocenters. The summed E-state index contributed by atoms with van der Waals surface area (Å²) in [4.78, 5) is 24.6. The SMILES string of the molecule is COc1cc(C(=O)Nc2ccc(C(=O)NC3CC3)cc2)cc(Cl)c1OC(C)C. The number of methoxy groups -OCH3 is 1. The number of benzene rings is 2. The van der Waals surface area contributed by atoms with Crippen LogP contribution in [-0.4, -0.2) is 31.1 Å². The van der Waals surface area contributed by atoms with Crippen molar-refractivity contribution in [3.63, 3.8) is 0 Å². The van der Waals surface area contributed by atoms with Gasteiger partial charge in [-0.3, -0.25) is 9.59 Å². The Morgan fingerprint density at radius 1 is 1.07 bits per heavy atom. The van der Waals surface area contributed by atoms with Crippen LogP contribution in [0.3, 0.4) is 0 Å². The van der Waals surface area contributed by atoms with Crippen molar-refractivity contribution in [1.29, 1.82) is 0 Å². The van der Waals surface area contributed by atoms with Crippen LogP contribution in [0.25, 0.3) is 0 Å². The Kier molecular flexibility index (Phi) is 6.09. The second kappa shape index (κ2) is 8.52. The lowest BCUT2D eigenvalue weighted by Gasteiger charge is -2.16. The van der Waals surface area contributed by atoms with Crippen molar-refractivity contribution >= 4 is 29.1 Å². The Morgan fingerprint density at radius 2 is 1.75 bits per heavy atom. The molecule has 148 valence electrons. The zero-order valence-corrected chi connectivity index (χ0v) is 16.8. The van der Waals surface area contributed by atoms with Gasteiger partial charge in [0.25, 0.3) is 11.8 Å². The summed E-state index contributed by atoms with van der Waals surface area (Å²) in [7, 11) is 1.49. The number of carbonyl (C=O) groups excluding carboxylic acids is 2. The van der Waals surface area contributed by atoms with E-state index in [-0.39, 0.29) is 17.9 Å². The molecule has 0 aliphatic heterocycles. The van der Waals surface area contributed by atoms with Gasteiger partial charge in [0.1, 0.15) is 0 Å². The van der Waals surface area contributed by atoms with E-state index in [9.17, 15) is 9.59 Å². The number of amides is 2. The summed E-state index contributed by atoms with van der Waals surface area (Å²) in [6.07, 6.45) is 1.99. The summed E-state index contributed by atoms with van der Waals surface area (Å²) in [5.41, 5.74) is 1.48. The first-order chi connectivity index (χ1) is 13.4. The minimum atomic E-state index is -0.341. The quantitative estimate of drug-likeness (QED) is 0.724. The number of hydrogen-bond donors (Lipinski definition) is 2. The van der Waals surface area contributed by atoms with Gasteiger partial charge in [-0.2, -0.15) is 0 Å². The molecule has 0 bridgehead atoms. The van der Waals surface area contributed by atoms with Crippen molar-refractivity contribution in [3.05, 3.63) is 52.5 Å². The molecule has 0 aromatic heterocycles. The van der Waals surface area contributed by atoms with Gasteiger partial charge < -0.3 is 20.1 Å². The highest BCUT2D eigenvalue weighted by Crippen LogP contribution is 2.37. The molecule has 2 aromatic rings. The topological polar surface area (TPSA) is 76.7 Å². The van der Waals surface area contributed by atoms with Crippen LogP contribution in [0.5, 0.6) is 11.5 Å². The van der Waals surface area contributed by atoms with E-state index in [1.165, 1.54) is 13.2 Å². The van der Waals surface area contributed by atoms with Crippen LogP contribution in [0.2, 0.25) is 5.02 Å². The molecule has 2 aromatic carbocycles. The smallest absolute Gasteiger partial charge is 0.255 e. The van der Waals surface area contributed by atoms with Crippen LogP contribution in [-0.2, 0) is 0 Å². The monoisotopic (exact) mass is 402 g/mol. The predicted octanol–water partition coefficient (Wildman–Crippen LogP) is 4.28. The van der Waals surface area contributed by atoms with Crippen LogP contribution in [0.4, 0.5) is 5.69 Å². The molecule has 1 fully saturated rings. The molecule has 0 saturated heterocycles. The molecule has 1 aliphatic carbocycles. The number of anilines is 1. The highest BCUT2D eigenvalue weighted by molar-refractivity contribution is 6.32. The van der Waals surface area contributed by atoms with Crippen molar-refractivity contribution in [3.8, 4) is 11.5 Å². The minimum absolute atomic E-state index is 0.0818. The van der Waals surface area contributed by atoms with E-state index in [0.29, 0.717) is 39.4 Å². The van der Waals surface area contributed by atoms with Gasteiger partial charge in [0, 0.05) is 22.9 Å². The van der Waals surface area contributed by atoms with Crippen LogP contribution in [0, 0.1) is 0 Å². The number of carbonyl (C=O) groups is 2. The molecule has 0 heterocycles. The van der Waals surface area contributed by atoms with E-state index in [2.05, 4.69) is 10.6 Å². The van der Waals surface area contributed by atoms with Gasteiger partial charge in [0.2, 0.25) is 0 Å². The Balaban J connectivity index is 1.71. The molecule has 0 atom stereocenters. The largest absolute Gasteiger partial charge is 0.493 e. The fraction of sp³-hybridized carbons (Fsp3) is 0.333. The van der Waals surface area contributed by atoms with Crippen LogP contribution in [0.1, 0.15) is 47.4 Å². The van der Waals surface area contributed by atoms with Crippen molar-refractivity contribution in [2.24, 2.45) is 0 Å². The van der Waals surface area contributed by atoms with Gasteiger partial charge >= 0.3 is 0 Å². The van der Waals surface area contributed by atoms with E-state index < -0.39 is 0 Å². The normalized spacial score (nSPS) is 13.2. The molecule has 0 radical (unpaired) electrons. The summed E-state index contributed by atoms with van der Waals surface area (Å²) in [5, 5.41) is 6.01.